The van der Waals surface area contributed by atoms with Gasteiger partial charge >= 0.3 is 0 Å². The Balaban J connectivity index is 1.98. The van der Waals surface area contributed by atoms with E-state index in [0.29, 0.717) is 15.6 Å². The minimum atomic E-state index is -3.71. The first-order valence-corrected chi connectivity index (χ1v) is 10.8. The standard InChI is InChI=1S/C21H19Cl2NO2S/c1-15-8-5-6-11-17(15)21(16-9-3-2-4-10-16)24-27(25,26)14-18-19(22)12-7-13-20(18)23/h2-13,21,24H,14H2,1H3/t21-/m0/s1. The molecule has 6 heteroatoms. The molecule has 0 aliphatic heterocycles. The summed E-state index contributed by atoms with van der Waals surface area (Å²) in [6, 6.07) is 21.7. The van der Waals surface area contributed by atoms with Crippen LogP contribution in [-0.4, -0.2) is 8.42 Å². The molecule has 3 rings (SSSR count). The molecule has 0 bridgehead atoms. The highest BCUT2D eigenvalue weighted by molar-refractivity contribution is 7.88. The maximum absolute atomic E-state index is 12.9. The number of halogens is 2. The van der Waals surface area contributed by atoms with Crippen molar-refractivity contribution in [1.82, 2.24) is 4.72 Å². The van der Waals surface area contributed by atoms with Crippen LogP contribution in [0.25, 0.3) is 0 Å². The predicted octanol–water partition coefficient (Wildman–Crippen LogP) is 5.51. The topological polar surface area (TPSA) is 46.2 Å². The molecule has 0 unspecified atom stereocenters. The first-order chi connectivity index (χ1) is 12.9. The van der Waals surface area contributed by atoms with Crippen LogP contribution in [0.1, 0.15) is 28.3 Å². The Morgan fingerprint density at radius 1 is 0.852 bits per heavy atom. The molecule has 0 fully saturated rings. The van der Waals surface area contributed by atoms with Gasteiger partial charge in [-0.25, -0.2) is 13.1 Å². The fourth-order valence-electron chi connectivity index (χ4n) is 2.95. The summed E-state index contributed by atoms with van der Waals surface area (Å²) in [7, 11) is -3.71. The molecule has 0 radical (unpaired) electrons. The molecule has 0 aromatic heterocycles. The zero-order valence-corrected chi connectivity index (χ0v) is 17.0. The molecule has 0 aliphatic carbocycles. The zero-order chi connectivity index (χ0) is 19.4. The molecule has 140 valence electrons. The second-order valence-electron chi connectivity index (χ2n) is 6.28. The van der Waals surface area contributed by atoms with Crippen molar-refractivity contribution in [2.75, 3.05) is 0 Å². The molecule has 0 spiro atoms. The largest absolute Gasteiger partial charge is 0.216 e. The van der Waals surface area contributed by atoms with Crippen LogP contribution in [0.3, 0.4) is 0 Å². The summed E-state index contributed by atoms with van der Waals surface area (Å²) < 4.78 is 28.7. The molecule has 3 aromatic carbocycles. The fraction of sp³-hybridized carbons (Fsp3) is 0.143. The van der Waals surface area contributed by atoms with E-state index < -0.39 is 16.1 Å². The number of hydrogen-bond donors (Lipinski definition) is 1. The third kappa shape index (κ3) is 4.90. The third-order valence-corrected chi connectivity index (χ3v) is 6.30. The molecule has 0 aliphatic rings. The van der Waals surface area contributed by atoms with E-state index in [1.807, 2.05) is 61.5 Å². The van der Waals surface area contributed by atoms with Crippen LogP contribution < -0.4 is 4.72 Å². The highest BCUT2D eigenvalue weighted by atomic mass is 35.5. The molecule has 0 saturated heterocycles. The van der Waals surface area contributed by atoms with Gasteiger partial charge in [0, 0.05) is 15.6 Å². The average molecular weight is 420 g/mol. The Morgan fingerprint density at radius 3 is 2.07 bits per heavy atom. The van der Waals surface area contributed by atoms with Crippen molar-refractivity contribution in [2.24, 2.45) is 0 Å². The van der Waals surface area contributed by atoms with Gasteiger partial charge in [-0.15, -0.1) is 0 Å². The van der Waals surface area contributed by atoms with E-state index >= 15 is 0 Å². The Hall–Kier alpha value is -1.85. The van der Waals surface area contributed by atoms with Crippen LogP contribution >= 0.6 is 23.2 Å². The first kappa shape index (κ1) is 19.9. The molecular weight excluding hydrogens is 401 g/mol. The maximum Gasteiger partial charge on any atom is 0.216 e. The second kappa shape index (κ2) is 8.44. The van der Waals surface area contributed by atoms with E-state index in [1.165, 1.54) is 0 Å². The smallest absolute Gasteiger partial charge is 0.212 e. The Kier molecular flexibility index (Phi) is 6.22. The summed E-state index contributed by atoms with van der Waals surface area (Å²) >= 11 is 12.3. The molecule has 1 atom stereocenters. The van der Waals surface area contributed by atoms with Gasteiger partial charge in [0.2, 0.25) is 10.0 Å². The lowest BCUT2D eigenvalue weighted by atomic mass is 9.96. The van der Waals surface area contributed by atoms with Crippen LogP contribution in [0.5, 0.6) is 0 Å². The van der Waals surface area contributed by atoms with E-state index in [4.69, 9.17) is 23.2 Å². The van der Waals surface area contributed by atoms with Crippen LogP contribution in [0, 0.1) is 6.92 Å². The van der Waals surface area contributed by atoms with Gasteiger partial charge in [-0.1, -0.05) is 83.9 Å². The van der Waals surface area contributed by atoms with Gasteiger partial charge < -0.3 is 0 Å². The molecule has 3 nitrogen and oxygen atoms in total. The minimum Gasteiger partial charge on any atom is -0.212 e. The van der Waals surface area contributed by atoms with Crippen molar-refractivity contribution in [1.29, 1.82) is 0 Å². The van der Waals surface area contributed by atoms with Gasteiger partial charge in [0.25, 0.3) is 0 Å². The lowest BCUT2D eigenvalue weighted by molar-refractivity contribution is 0.571. The van der Waals surface area contributed by atoms with Crippen LogP contribution in [0.15, 0.2) is 72.8 Å². The van der Waals surface area contributed by atoms with E-state index in [0.717, 1.165) is 16.7 Å². The highest BCUT2D eigenvalue weighted by Gasteiger charge is 2.24. The molecule has 0 saturated carbocycles. The quantitative estimate of drug-likeness (QED) is 0.572. The van der Waals surface area contributed by atoms with E-state index in [2.05, 4.69) is 4.72 Å². The second-order valence-corrected chi connectivity index (χ2v) is 8.85. The van der Waals surface area contributed by atoms with Crippen molar-refractivity contribution in [2.45, 2.75) is 18.7 Å². The predicted molar refractivity (Wildman–Crippen MR) is 112 cm³/mol. The van der Waals surface area contributed by atoms with E-state index in [1.54, 1.807) is 18.2 Å². The lowest BCUT2D eigenvalue weighted by Gasteiger charge is -2.22. The van der Waals surface area contributed by atoms with Crippen molar-refractivity contribution in [3.05, 3.63) is 105 Å². The molecule has 0 amide bonds. The molecular formula is C21H19Cl2NO2S. The van der Waals surface area contributed by atoms with Crippen molar-refractivity contribution in [3.8, 4) is 0 Å². The first-order valence-electron chi connectivity index (χ1n) is 8.41. The van der Waals surface area contributed by atoms with Gasteiger partial charge in [0.15, 0.2) is 0 Å². The molecule has 0 heterocycles. The fourth-order valence-corrected chi connectivity index (χ4v) is 5.03. The number of benzene rings is 3. The summed E-state index contributed by atoms with van der Waals surface area (Å²) in [6.07, 6.45) is 0. The normalized spacial score (nSPS) is 12.7. The van der Waals surface area contributed by atoms with Crippen LogP contribution in [-0.2, 0) is 15.8 Å². The Morgan fingerprint density at radius 2 is 1.44 bits per heavy atom. The van der Waals surface area contributed by atoms with Gasteiger partial charge in [-0.2, -0.15) is 0 Å². The number of aryl methyl sites for hydroxylation is 1. The van der Waals surface area contributed by atoms with Crippen LogP contribution in [0.2, 0.25) is 10.0 Å². The third-order valence-electron chi connectivity index (χ3n) is 4.33. The summed E-state index contributed by atoms with van der Waals surface area (Å²) in [6.45, 7) is 1.96. The Labute approximate surface area is 170 Å². The number of nitrogens with one attached hydrogen (secondary N) is 1. The van der Waals surface area contributed by atoms with Gasteiger partial charge in [0.05, 0.1) is 11.8 Å². The molecule has 27 heavy (non-hydrogen) atoms. The average Bonchev–Trinajstić information content (AvgIpc) is 2.64. The van der Waals surface area contributed by atoms with Crippen molar-refractivity contribution < 1.29 is 8.42 Å². The minimum absolute atomic E-state index is 0.291. The van der Waals surface area contributed by atoms with Gasteiger partial charge in [-0.05, 0) is 35.7 Å². The van der Waals surface area contributed by atoms with Gasteiger partial charge in [-0.3, -0.25) is 0 Å². The lowest BCUT2D eigenvalue weighted by Crippen LogP contribution is -2.31. The number of hydrogen-bond acceptors (Lipinski definition) is 2. The summed E-state index contributed by atoms with van der Waals surface area (Å²) in [5, 5.41) is 0.667. The van der Waals surface area contributed by atoms with Crippen molar-refractivity contribution >= 4 is 33.2 Å². The Bertz CT molecular complexity index is 1020. The van der Waals surface area contributed by atoms with E-state index in [9.17, 15) is 8.42 Å². The number of rotatable bonds is 6. The summed E-state index contributed by atoms with van der Waals surface area (Å²) in [5.74, 6) is -0.291. The van der Waals surface area contributed by atoms with E-state index in [-0.39, 0.29) is 5.75 Å². The summed E-state index contributed by atoms with van der Waals surface area (Å²) in [4.78, 5) is 0. The van der Waals surface area contributed by atoms with Crippen LogP contribution in [0.4, 0.5) is 0 Å². The monoisotopic (exact) mass is 419 g/mol. The summed E-state index contributed by atoms with van der Waals surface area (Å²) in [5.41, 5.74) is 3.16. The molecule has 3 aromatic rings. The zero-order valence-electron chi connectivity index (χ0n) is 14.7. The maximum atomic E-state index is 12.9. The van der Waals surface area contributed by atoms with Gasteiger partial charge in [0.1, 0.15) is 0 Å². The number of sulfonamides is 1. The highest BCUT2D eigenvalue weighted by Crippen LogP contribution is 2.29. The SMILES string of the molecule is Cc1ccccc1[C@@H](NS(=O)(=O)Cc1c(Cl)cccc1Cl)c1ccccc1. The molecule has 1 N–H and O–H groups in total. The van der Waals surface area contributed by atoms with Crippen molar-refractivity contribution in [3.63, 3.8) is 0 Å².